The number of hydrogen-bond donors (Lipinski definition) is 3. The van der Waals surface area contributed by atoms with Crippen LogP contribution in [0.2, 0.25) is 0 Å². The molecule has 0 radical (unpaired) electrons. The number of anilines is 3. The number of nitrogens with zero attached hydrogens (tertiary/aromatic N) is 2. The number of aryl methyl sites for hydroxylation is 1. The van der Waals surface area contributed by atoms with Crippen LogP contribution in [-0.4, -0.2) is 34.9 Å². The number of halogens is 3. The number of urea groups is 1. The molecule has 10 heteroatoms. The minimum Gasteiger partial charge on any atom is -0.308 e. The minimum atomic E-state index is -4.53. The van der Waals surface area contributed by atoms with Crippen molar-refractivity contribution >= 4 is 29.1 Å². The van der Waals surface area contributed by atoms with Gasteiger partial charge in [-0.15, -0.1) is 0 Å². The Morgan fingerprint density at radius 1 is 1.00 bits per heavy atom. The lowest BCUT2D eigenvalue weighted by Gasteiger charge is -2.20. The van der Waals surface area contributed by atoms with E-state index in [-0.39, 0.29) is 23.7 Å². The first-order chi connectivity index (χ1) is 18.1. The van der Waals surface area contributed by atoms with Crippen LogP contribution in [0.1, 0.15) is 29.5 Å². The highest BCUT2D eigenvalue weighted by atomic mass is 19.4. The molecule has 1 aliphatic heterocycles. The lowest BCUT2D eigenvalue weighted by atomic mass is 10.0. The van der Waals surface area contributed by atoms with Crippen LogP contribution < -0.4 is 16.0 Å². The highest BCUT2D eigenvalue weighted by Crippen LogP contribution is 2.35. The van der Waals surface area contributed by atoms with Crippen LogP contribution in [0.15, 0.2) is 67.4 Å². The van der Waals surface area contributed by atoms with Crippen molar-refractivity contribution in [1.82, 2.24) is 9.88 Å². The maximum atomic E-state index is 13.7. The summed E-state index contributed by atoms with van der Waals surface area (Å²) >= 11 is 0. The SMILES string of the molecule is C=CC(=O)Nc1ccc(-c2ccc(NC(=O)Nc3ccc(CN4CCCC4)c(C(F)(F)F)c3)c(C)c2)cn1. The first-order valence-electron chi connectivity index (χ1n) is 12.1. The van der Waals surface area contributed by atoms with Crippen molar-refractivity contribution in [2.45, 2.75) is 32.5 Å². The maximum Gasteiger partial charge on any atom is 0.416 e. The Morgan fingerprint density at radius 2 is 1.74 bits per heavy atom. The van der Waals surface area contributed by atoms with E-state index in [9.17, 15) is 22.8 Å². The van der Waals surface area contributed by atoms with E-state index in [1.54, 1.807) is 37.4 Å². The normalized spacial score (nSPS) is 13.7. The molecule has 0 unspecified atom stereocenters. The molecule has 3 aromatic rings. The van der Waals surface area contributed by atoms with Gasteiger partial charge < -0.3 is 16.0 Å². The van der Waals surface area contributed by atoms with Gasteiger partial charge in [0.1, 0.15) is 5.82 Å². The van der Waals surface area contributed by atoms with Gasteiger partial charge in [-0.05, 0) is 92.0 Å². The van der Waals surface area contributed by atoms with Crippen molar-refractivity contribution in [2.24, 2.45) is 0 Å². The Balaban J connectivity index is 1.43. The molecule has 2 aromatic carbocycles. The second-order valence-electron chi connectivity index (χ2n) is 9.09. The van der Waals surface area contributed by atoms with E-state index in [0.717, 1.165) is 54.8 Å². The number of nitrogens with one attached hydrogen (secondary N) is 3. The fourth-order valence-electron chi connectivity index (χ4n) is 4.32. The Labute approximate surface area is 218 Å². The molecule has 0 saturated carbocycles. The van der Waals surface area contributed by atoms with E-state index in [2.05, 4.69) is 27.5 Å². The number of carbonyl (C=O) groups is 2. The molecule has 0 bridgehead atoms. The zero-order chi connectivity index (χ0) is 27.3. The summed E-state index contributed by atoms with van der Waals surface area (Å²) < 4.78 is 41.2. The summed E-state index contributed by atoms with van der Waals surface area (Å²) in [4.78, 5) is 30.2. The van der Waals surface area contributed by atoms with Crippen LogP contribution in [0, 0.1) is 6.92 Å². The van der Waals surface area contributed by atoms with Crippen LogP contribution >= 0.6 is 0 Å². The molecule has 3 N–H and O–H groups in total. The van der Waals surface area contributed by atoms with Gasteiger partial charge in [0.2, 0.25) is 5.91 Å². The maximum absolute atomic E-state index is 13.7. The number of likely N-dealkylation sites (tertiary alicyclic amines) is 1. The van der Waals surface area contributed by atoms with Gasteiger partial charge in [0.15, 0.2) is 0 Å². The molecule has 38 heavy (non-hydrogen) atoms. The predicted octanol–water partition coefficient (Wildman–Crippen LogP) is 6.44. The predicted molar refractivity (Wildman–Crippen MR) is 142 cm³/mol. The first-order valence-corrected chi connectivity index (χ1v) is 12.1. The van der Waals surface area contributed by atoms with Gasteiger partial charge in [-0.3, -0.25) is 9.69 Å². The smallest absolute Gasteiger partial charge is 0.308 e. The van der Waals surface area contributed by atoms with Crippen LogP contribution in [0.5, 0.6) is 0 Å². The number of amides is 3. The van der Waals surface area contributed by atoms with E-state index >= 15 is 0 Å². The molecular weight excluding hydrogens is 495 g/mol. The standard InChI is InChI=1S/C28H28F3N5O2/c1-3-26(37)35-25-11-8-20(16-32-25)19-7-10-24(18(2)14-19)34-27(38)33-22-9-6-21(17-36-12-4-5-13-36)23(15-22)28(29,30)31/h3,6-11,14-16H,1,4-5,12-13,17H2,2H3,(H,32,35,37)(H2,33,34,38). The van der Waals surface area contributed by atoms with Crippen molar-refractivity contribution in [3.63, 3.8) is 0 Å². The highest BCUT2D eigenvalue weighted by molar-refractivity contribution is 6.00. The number of carbonyl (C=O) groups excluding carboxylic acids is 2. The lowest BCUT2D eigenvalue weighted by Crippen LogP contribution is -2.23. The third kappa shape index (κ3) is 6.77. The Kier molecular flexibility index (Phi) is 8.11. The fourth-order valence-corrected chi connectivity index (χ4v) is 4.32. The van der Waals surface area contributed by atoms with Crippen molar-refractivity contribution in [1.29, 1.82) is 0 Å². The summed E-state index contributed by atoms with van der Waals surface area (Å²) in [7, 11) is 0. The van der Waals surface area contributed by atoms with Gasteiger partial charge in [0, 0.05) is 29.7 Å². The van der Waals surface area contributed by atoms with Crippen molar-refractivity contribution < 1.29 is 22.8 Å². The van der Waals surface area contributed by atoms with E-state index in [4.69, 9.17) is 0 Å². The molecule has 1 saturated heterocycles. The zero-order valence-corrected chi connectivity index (χ0v) is 20.9. The molecule has 1 aliphatic rings. The molecule has 198 valence electrons. The van der Waals surface area contributed by atoms with Crippen molar-refractivity contribution in [2.75, 3.05) is 29.0 Å². The molecule has 4 rings (SSSR count). The number of pyridine rings is 1. The molecule has 0 spiro atoms. The second kappa shape index (κ2) is 11.5. The van der Waals surface area contributed by atoms with Crippen LogP contribution in [0.4, 0.5) is 35.2 Å². The Morgan fingerprint density at radius 3 is 2.37 bits per heavy atom. The highest BCUT2D eigenvalue weighted by Gasteiger charge is 2.34. The minimum absolute atomic E-state index is 0.0592. The quantitative estimate of drug-likeness (QED) is 0.311. The summed E-state index contributed by atoms with van der Waals surface area (Å²) in [6, 6.07) is 12.1. The van der Waals surface area contributed by atoms with Gasteiger partial charge in [-0.1, -0.05) is 18.7 Å². The topological polar surface area (TPSA) is 86.4 Å². The zero-order valence-electron chi connectivity index (χ0n) is 20.9. The second-order valence-corrected chi connectivity index (χ2v) is 9.09. The third-order valence-electron chi connectivity index (χ3n) is 6.27. The molecule has 7 nitrogen and oxygen atoms in total. The number of aromatic nitrogens is 1. The molecule has 0 atom stereocenters. The molecule has 1 fully saturated rings. The van der Waals surface area contributed by atoms with Gasteiger partial charge >= 0.3 is 12.2 Å². The molecular formula is C28H28F3N5O2. The monoisotopic (exact) mass is 523 g/mol. The molecule has 1 aromatic heterocycles. The van der Waals surface area contributed by atoms with E-state index in [1.807, 2.05) is 11.0 Å². The Bertz CT molecular complexity index is 1330. The first kappa shape index (κ1) is 26.9. The summed E-state index contributed by atoms with van der Waals surface area (Å²) in [6.45, 7) is 7.00. The summed E-state index contributed by atoms with van der Waals surface area (Å²) in [5, 5.41) is 7.78. The Hall–Kier alpha value is -4.18. The molecule has 2 heterocycles. The number of alkyl halides is 3. The molecule has 3 amide bonds. The van der Waals surface area contributed by atoms with Crippen LogP contribution in [0.3, 0.4) is 0 Å². The summed E-state index contributed by atoms with van der Waals surface area (Å²) in [5.41, 5.74) is 2.41. The third-order valence-corrected chi connectivity index (χ3v) is 6.27. The average molecular weight is 524 g/mol. The van der Waals surface area contributed by atoms with Gasteiger partial charge in [0.25, 0.3) is 0 Å². The van der Waals surface area contributed by atoms with Crippen LogP contribution in [-0.2, 0) is 17.5 Å². The number of rotatable bonds is 7. The van der Waals surface area contributed by atoms with E-state index in [0.29, 0.717) is 11.5 Å². The number of hydrogen-bond acceptors (Lipinski definition) is 4. The summed E-state index contributed by atoms with van der Waals surface area (Å²) in [5.74, 6) is 0.0329. The van der Waals surface area contributed by atoms with Gasteiger partial charge in [0.05, 0.1) is 5.56 Å². The van der Waals surface area contributed by atoms with Gasteiger partial charge in [-0.25, -0.2) is 9.78 Å². The average Bonchev–Trinajstić information content (AvgIpc) is 3.39. The van der Waals surface area contributed by atoms with Crippen molar-refractivity contribution in [3.05, 3.63) is 84.1 Å². The van der Waals surface area contributed by atoms with E-state index in [1.165, 1.54) is 12.1 Å². The summed E-state index contributed by atoms with van der Waals surface area (Å²) in [6.07, 6.45) is 0.209. The molecule has 0 aliphatic carbocycles. The van der Waals surface area contributed by atoms with Crippen LogP contribution in [0.25, 0.3) is 11.1 Å². The fraction of sp³-hybridized carbons (Fsp3) is 0.250. The van der Waals surface area contributed by atoms with E-state index < -0.39 is 17.8 Å². The lowest BCUT2D eigenvalue weighted by molar-refractivity contribution is -0.138. The number of benzene rings is 2. The van der Waals surface area contributed by atoms with Crippen molar-refractivity contribution in [3.8, 4) is 11.1 Å². The largest absolute Gasteiger partial charge is 0.416 e. The van der Waals surface area contributed by atoms with Gasteiger partial charge in [-0.2, -0.15) is 13.2 Å².